The minimum Gasteiger partial charge on any atom is -0.320 e. The molecule has 0 aliphatic carbocycles. The number of aromatic nitrogens is 2. The molecule has 23 heavy (non-hydrogen) atoms. The van der Waals surface area contributed by atoms with Gasteiger partial charge < -0.3 is 11.1 Å². The van der Waals surface area contributed by atoms with Gasteiger partial charge in [-0.3, -0.25) is 4.79 Å². The lowest BCUT2D eigenvalue weighted by molar-refractivity contribution is -0.117. The fraction of sp³-hybridized carbons (Fsp3) is 0.333. The maximum atomic E-state index is 13.5. The van der Waals surface area contributed by atoms with E-state index in [0.717, 1.165) is 6.42 Å². The van der Waals surface area contributed by atoms with Crippen molar-refractivity contribution in [3.63, 3.8) is 0 Å². The molecule has 1 aromatic carbocycles. The SMILES string of the molecule is CCCC(N)C(=O)Nc1ccnn1Cc1ccc(Cl)c(F)c1.Cl. The minimum atomic E-state index is -0.554. The third-order valence-corrected chi connectivity index (χ3v) is 3.53. The first-order valence-corrected chi connectivity index (χ1v) is 7.41. The molecular formula is C15H19Cl2FN4O. The van der Waals surface area contributed by atoms with Gasteiger partial charge in [0, 0.05) is 6.07 Å². The number of halogens is 3. The van der Waals surface area contributed by atoms with E-state index < -0.39 is 11.9 Å². The van der Waals surface area contributed by atoms with E-state index in [1.807, 2.05) is 6.92 Å². The van der Waals surface area contributed by atoms with Crippen molar-refractivity contribution in [1.82, 2.24) is 9.78 Å². The smallest absolute Gasteiger partial charge is 0.242 e. The summed E-state index contributed by atoms with van der Waals surface area (Å²) >= 11 is 5.66. The predicted octanol–water partition coefficient (Wildman–Crippen LogP) is 3.21. The molecule has 2 aromatic rings. The summed E-state index contributed by atoms with van der Waals surface area (Å²) in [6.45, 7) is 2.28. The molecule has 0 radical (unpaired) electrons. The summed E-state index contributed by atoms with van der Waals surface area (Å²) in [5.74, 6) is -0.223. The highest BCUT2D eigenvalue weighted by molar-refractivity contribution is 6.30. The summed E-state index contributed by atoms with van der Waals surface area (Å²) < 4.78 is 15.0. The van der Waals surface area contributed by atoms with Crippen LogP contribution in [0.25, 0.3) is 0 Å². The molecule has 2 rings (SSSR count). The molecule has 5 nitrogen and oxygen atoms in total. The van der Waals surface area contributed by atoms with E-state index in [1.54, 1.807) is 23.0 Å². The van der Waals surface area contributed by atoms with E-state index in [0.29, 0.717) is 24.3 Å². The fourth-order valence-corrected chi connectivity index (χ4v) is 2.15. The number of benzene rings is 1. The molecule has 3 N–H and O–H groups in total. The molecule has 1 heterocycles. The van der Waals surface area contributed by atoms with Gasteiger partial charge in [0.25, 0.3) is 0 Å². The average molecular weight is 361 g/mol. The van der Waals surface area contributed by atoms with Crippen LogP contribution in [0.3, 0.4) is 0 Å². The monoisotopic (exact) mass is 360 g/mol. The second-order valence-electron chi connectivity index (χ2n) is 5.01. The molecule has 1 amide bonds. The van der Waals surface area contributed by atoms with Crippen LogP contribution in [-0.4, -0.2) is 21.7 Å². The van der Waals surface area contributed by atoms with E-state index in [9.17, 15) is 9.18 Å². The molecule has 0 bridgehead atoms. The fourth-order valence-electron chi connectivity index (χ4n) is 2.04. The van der Waals surface area contributed by atoms with Crippen LogP contribution in [0.5, 0.6) is 0 Å². The number of nitrogens with one attached hydrogen (secondary N) is 1. The summed E-state index contributed by atoms with van der Waals surface area (Å²) in [6, 6.07) is 5.66. The van der Waals surface area contributed by atoms with Gasteiger partial charge in [0.1, 0.15) is 11.6 Å². The van der Waals surface area contributed by atoms with Gasteiger partial charge in [-0.15, -0.1) is 12.4 Å². The molecule has 1 unspecified atom stereocenters. The summed E-state index contributed by atoms with van der Waals surface area (Å²) in [6.07, 6.45) is 3.01. The van der Waals surface area contributed by atoms with Gasteiger partial charge in [0.2, 0.25) is 5.91 Å². The Kier molecular flexibility index (Phi) is 7.48. The topological polar surface area (TPSA) is 72.9 Å². The molecule has 0 saturated carbocycles. The van der Waals surface area contributed by atoms with Crippen LogP contribution in [0.1, 0.15) is 25.3 Å². The molecule has 0 saturated heterocycles. The van der Waals surface area contributed by atoms with Gasteiger partial charge in [0.15, 0.2) is 0 Å². The van der Waals surface area contributed by atoms with E-state index in [1.165, 1.54) is 12.1 Å². The normalized spacial score (nSPS) is 11.7. The van der Waals surface area contributed by atoms with Gasteiger partial charge in [-0.05, 0) is 24.1 Å². The summed E-state index contributed by atoms with van der Waals surface area (Å²) in [4.78, 5) is 11.9. The van der Waals surface area contributed by atoms with Gasteiger partial charge in [-0.25, -0.2) is 9.07 Å². The van der Waals surface area contributed by atoms with Crippen LogP contribution < -0.4 is 11.1 Å². The zero-order valence-corrected chi connectivity index (χ0v) is 14.2. The molecule has 0 aliphatic heterocycles. The van der Waals surface area contributed by atoms with Crippen LogP contribution in [0, 0.1) is 5.82 Å². The number of nitrogens with two attached hydrogens (primary N) is 1. The summed E-state index contributed by atoms with van der Waals surface area (Å²) in [7, 11) is 0. The minimum absolute atomic E-state index is 0. The number of carbonyl (C=O) groups excluding carboxylic acids is 1. The Morgan fingerprint density at radius 1 is 1.48 bits per heavy atom. The van der Waals surface area contributed by atoms with Gasteiger partial charge in [-0.1, -0.05) is 31.0 Å². The molecule has 0 aliphatic rings. The van der Waals surface area contributed by atoms with Crippen LogP contribution in [0.2, 0.25) is 5.02 Å². The largest absolute Gasteiger partial charge is 0.320 e. The lowest BCUT2D eigenvalue weighted by Gasteiger charge is -2.13. The Labute approximate surface area is 145 Å². The third-order valence-electron chi connectivity index (χ3n) is 3.22. The predicted molar refractivity (Wildman–Crippen MR) is 91.5 cm³/mol. The molecular weight excluding hydrogens is 342 g/mol. The highest BCUT2D eigenvalue weighted by Crippen LogP contribution is 2.17. The van der Waals surface area contributed by atoms with Crippen LogP contribution in [0.4, 0.5) is 10.2 Å². The molecule has 1 aromatic heterocycles. The van der Waals surface area contributed by atoms with Crippen molar-refractivity contribution in [2.45, 2.75) is 32.4 Å². The Bertz CT molecular complexity index is 663. The van der Waals surface area contributed by atoms with Crippen LogP contribution >= 0.6 is 24.0 Å². The van der Waals surface area contributed by atoms with Crippen molar-refractivity contribution in [2.75, 3.05) is 5.32 Å². The van der Waals surface area contributed by atoms with Crippen LogP contribution in [0.15, 0.2) is 30.5 Å². The average Bonchev–Trinajstić information content (AvgIpc) is 2.90. The van der Waals surface area contributed by atoms with Crippen molar-refractivity contribution in [2.24, 2.45) is 5.73 Å². The highest BCUT2D eigenvalue weighted by atomic mass is 35.5. The van der Waals surface area contributed by atoms with Gasteiger partial charge >= 0.3 is 0 Å². The lowest BCUT2D eigenvalue weighted by atomic mass is 10.2. The van der Waals surface area contributed by atoms with E-state index in [2.05, 4.69) is 10.4 Å². The van der Waals surface area contributed by atoms with E-state index in [4.69, 9.17) is 17.3 Å². The number of hydrogen-bond donors (Lipinski definition) is 2. The number of hydrogen-bond acceptors (Lipinski definition) is 3. The molecule has 8 heteroatoms. The number of amides is 1. The molecule has 0 spiro atoms. The first-order chi connectivity index (χ1) is 10.5. The number of anilines is 1. The number of carbonyl (C=O) groups is 1. The van der Waals surface area contributed by atoms with Crippen molar-refractivity contribution in [3.8, 4) is 0 Å². The lowest BCUT2D eigenvalue weighted by Crippen LogP contribution is -2.36. The third kappa shape index (κ3) is 5.20. The second kappa shape index (κ2) is 8.86. The van der Waals surface area contributed by atoms with E-state index >= 15 is 0 Å². The second-order valence-corrected chi connectivity index (χ2v) is 5.41. The maximum Gasteiger partial charge on any atom is 0.242 e. The van der Waals surface area contributed by atoms with E-state index in [-0.39, 0.29) is 23.3 Å². The molecule has 1 atom stereocenters. The summed E-state index contributed by atoms with van der Waals surface area (Å²) in [5.41, 5.74) is 6.47. The Morgan fingerprint density at radius 3 is 2.87 bits per heavy atom. The standard InChI is InChI=1S/C15H18ClFN4O.ClH/c1-2-3-13(18)15(22)20-14-6-7-19-21(14)9-10-4-5-11(16)12(17)8-10;/h4-8,13H,2-3,9,18H2,1H3,(H,20,22);1H. The highest BCUT2D eigenvalue weighted by Gasteiger charge is 2.14. The van der Waals surface area contributed by atoms with Gasteiger partial charge in [0.05, 0.1) is 23.8 Å². The van der Waals surface area contributed by atoms with Crippen molar-refractivity contribution in [3.05, 3.63) is 46.9 Å². The van der Waals surface area contributed by atoms with Crippen molar-refractivity contribution < 1.29 is 9.18 Å². The zero-order chi connectivity index (χ0) is 16.1. The number of nitrogens with zero attached hydrogens (tertiary/aromatic N) is 2. The first kappa shape index (κ1) is 19.4. The van der Waals surface area contributed by atoms with Crippen LogP contribution in [-0.2, 0) is 11.3 Å². The summed E-state index contributed by atoms with van der Waals surface area (Å²) in [5, 5.41) is 6.94. The Balaban J connectivity index is 0.00000264. The molecule has 126 valence electrons. The Morgan fingerprint density at radius 2 is 2.22 bits per heavy atom. The quantitative estimate of drug-likeness (QED) is 0.830. The molecule has 0 fully saturated rings. The first-order valence-electron chi connectivity index (χ1n) is 7.03. The Hall–Kier alpha value is -1.63. The number of rotatable bonds is 6. The van der Waals surface area contributed by atoms with Crippen molar-refractivity contribution >= 4 is 35.7 Å². The maximum absolute atomic E-state index is 13.5. The zero-order valence-electron chi connectivity index (χ0n) is 12.6. The van der Waals surface area contributed by atoms with Crippen molar-refractivity contribution in [1.29, 1.82) is 0 Å². The van der Waals surface area contributed by atoms with Gasteiger partial charge in [-0.2, -0.15) is 5.10 Å².